The first-order valence-corrected chi connectivity index (χ1v) is 7.43. The van der Waals surface area contributed by atoms with E-state index >= 15 is 0 Å². The molecule has 0 aromatic rings. The fourth-order valence-corrected chi connectivity index (χ4v) is 2.74. The highest BCUT2D eigenvalue weighted by molar-refractivity contribution is 5.78. The molecule has 0 amide bonds. The molecule has 112 valence electrons. The maximum absolute atomic E-state index is 11.5. The molecule has 0 aliphatic carbocycles. The molecule has 1 atom stereocenters. The lowest BCUT2D eigenvalue weighted by atomic mass is 9.90. The standard InChI is InChI=1S/C14H29N3O2/c1-4-14(13(18)19,15-5-2)7-6-8-17-11-9-16(3)10-12-17/h15H,4-12H2,1-3H3,(H,18,19). The number of carbonyl (C=O) groups is 1. The predicted octanol–water partition coefficient (Wildman–Crippen LogP) is 0.857. The molecular formula is C14H29N3O2. The van der Waals surface area contributed by atoms with Crippen molar-refractivity contribution in [3.8, 4) is 0 Å². The molecule has 1 rings (SSSR count). The van der Waals surface area contributed by atoms with Gasteiger partial charge in [0.2, 0.25) is 0 Å². The van der Waals surface area contributed by atoms with Crippen LogP contribution in [0.5, 0.6) is 0 Å². The van der Waals surface area contributed by atoms with Gasteiger partial charge in [-0.3, -0.25) is 4.79 Å². The van der Waals surface area contributed by atoms with E-state index < -0.39 is 11.5 Å². The number of carboxylic acid groups (broad SMARTS) is 1. The Balaban J connectivity index is 2.37. The summed E-state index contributed by atoms with van der Waals surface area (Å²) in [4.78, 5) is 16.3. The van der Waals surface area contributed by atoms with Gasteiger partial charge >= 0.3 is 5.97 Å². The van der Waals surface area contributed by atoms with Crippen molar-refractivity contribution in [3.63, 3.8) is 0 Å². The second-order valence-corrected chi connectivity index (χ2v) is 5.52. The van der Waals surface area contributed by atoms with Gasteiger partial charge in [0.05, 0.1) is 0 Å². The molecule has 0 radical (unpaired) electrons. The van der Waals surface area contributed by atoms with Crippen molar-refractivity contribution in [2.45, 2.75) is 38.6 Å². The van der Waals surface area contributed by atoms with E-state index in [0.717, 1.165) is 39.1 Å². The fourth-order valence-electron chi connectivity index (χ4n) is 2.74. The smallest absolute Gasteiger partial charge is 0.323 e. The Morgan fingerprint density at radius 1 is 1.26 bits per heavy atom. The van der Waals surface area contributed by atoms with E-state index in [1.54, 1.807) is 0 Å². The molecule has 1 aliphatic heterocycles. The van der Waals surface area contributed by atoms with Gasteiger partial charge in [-0.15, -0.1) is 0 Å². The number of hydrogen-bond acceptors (Lipinski definition) is 4. The first kappa shape index (κ1) is 16.4. The zero-order valence-corrected chi connectivity index (χ0v) is 12.6. The van der Waals surface area contributed by atoms with Crippen LogP contribution in [0.1, 0.15) is 33.1 Å². The van der Waals surface area contributed by atoms with Crippen LogP contribution in [0.25, 0.3) is 0 Å². The Bertz CT molecular complexity index is 278. The summed E-state index contributed by atoms with van der Waals surface area (Å²) in [5, 5.41) is 12.6. The van der Waals surface area contributed by atoms with Crippen molar-refractivity contribution < 1.29 is 9.90 Å². The van der Waals surface area contributed by atoms with Gasteiger partial charge in [-0.1, -0.05) is 13.8 Å². The van der Waals surface area contributed by atoms with Crippen molar-refractivity contribution in [2.75, 3.05) is 46.3 Å². The minimum Gasteiger partial charge on any atom is -0.480 e. The van der Waals surface area contributed by atoms with Gasteiger partial charge in [0, 0.05) is 26.2 Å². The van der Waals surface area contributed by atoms with Gasteiger partial charge in [-0.2, -0.15) is 0 Å². The van der Waals surface area contributed by atoms with Crippen LogP contribution in [0.4, 0.5) is 0 Å². The molecule has 5 heteroatoms. The first-order valence-electron chi connectivity index (χ1n) is 7.43. The Labute approximate surface area is 117 Å². The largest absolute Gasteiger partial charge is 0.480 e. The Morgan fingerprint density at radius 3 is 2.37 bits per heavy atom. The van der Waals surface area contributed by atoms with Crippen LogP contribution in [0.3, 0.4) is 0 Å². The molecule has 0 aromatic carbocycles. The number of likely N-dealkylation sites (N-methyl/N-ethyl adjacent to an activating group) is 2. The molecule has 1 saturated heterocycles. The van der Waals surface area contributed by atoms with Crippen molar-refractivity contribution >= 4 is 5.97 Å². The molecule has 0 spiro atoms. The van der Waals surface area contributed by atoms with Gasteiger partial charge in [-0.25, -0.2) is 0 Å². The molecule has 1 aliphatic rings. The summed E-state index contributed by atoms with van der Waals surface area (Å²) in [6, 6.07) is 0. The number of rotatable bonds is 8. The molecule has 0 aromatic heterocycles. The summed E-state index contributed by atoms with van der Waals surface area (Å²) in [7, 11) is 2.15. The molecule has 1 unspecified atom stereocenters. The number of hydrogen-bond donors (Lipinski definition) is 2. The van der Waals surface area contributed by atoms with Crippen LogP contribution in [0.2, 0.25) is 0 Å². The average molecular weight is 271 g/mol. The van der Waals surface area contributed by atoms with E-state index in [2.05, 4.69) is 22.2 Å². The highest BCUT2D eigenvalue weighted by Crippen LogP contribution is 2.18. The van der Waals surface area contributed by atoms with Gasteiger partial charge in [-0.05, 0) is 39.4 Å². The van der Waals surface area contributed by atoms with Gasteiger partial charge in [0.25, 0.3) is 0 Å². The van der Waals surface area contributed by atoms with Crippen LogP contribution in [0.15, 0.2) is 0 Å². The van der Waals surface area contributed by atoms with Gasteiger partial charge in [0.15, 0.2) is 0 Å². The lowest BCUT2D eigenvalue weighted by Crippen LogP contribution is -2.52. The van der Waals surface area contributed by atoms with Crippen LogP contribution in [-0.4, -0.2) is 72.7 Å². The molecule has 2 N–H and O–H groups in total. The van der Waals surface area contributed by atoms with Crippen molar-refractivity contribution in [1.82, 2.24) is 15.1 Å². The van der Waals surface area contributed by atoms with Crippen molar-refractivity contribution in [3.05, 3.63) is 0 Å². The Hall–Kier alpha value is -0.650. The Kier molecular flexibility index (Phi) is 6.75. The summed E-state index contributed by atoms with van der Waals surface area (Å²) >= 11 is 0. The lowest BCUT2D eigenvalue weighted by Gasteiger charge is -2.34. The molecule has 0 saturated carbocycles. The van der Waals surface area contributed by atoms with Gasteiger partial charge in [0.1, 0.15) is 5.54 Å². The van der Waals surface area contributed by atoms with Crippen LogP contribution in [0, 0.1) is 0 Å². The fraction of sp³-hybridized carbons (Fsp3) is 0.929. The number of carboxylic acids is 1. The lowest BCUT2D eigenvalue weighted by molar-refractivity contribution is -0.145. The Morgan fingerprint density at radius 2 is 1.89 bits per heavy atom. The second kappa shape index (κ2) is 7.82. The normalized spacial score (nSPS) is 21.2. The van der Waals surface area contributed by atoms with Crippen LogP contribution >= 0.6 is 0 Å². The van der Waals surface area contributed by atoms with Crippen molar-refractivity contribution in [1.29, 1.82) is 0 Å². The van der Waals surface area contributed by atoms with E-state index in [4.69, 9.17) is 0 Å². The molecule has 1 heterocycles. The topological polar surface area (TPSA) is 55.8 Å². The third-order valence-corrected chi connectivity index (χ3v) is 4.20. The van der Waals surface area contributed by atoms with Crippen LogP contribution < -0.4 is 5.32 Å². The zero-order valence-electron chi connectivity index (χ0n) is 12.6. The maximum atomic E-state index is 11.5. The predicted molar refractivity (Wildman–Crippen MR) is 77.5 cm³/mol. The highest BCUT2D eigenvalue weighted by atomic mass is 16.4. The monoisotopic (exact) mass is 271 g/mol. The number of piperazine rings is 1. The van der Waals surface area contributed by atoms with Crippen LogP contribution in [-0.2, 0) is 4.79 Å². The summed E-state index contributed by atoms with van der Waals surface area (Å²) in [5.74, 6) is -0.713. The molecular weight excluding hydrogens is 242 g/mol. The summed E-state index contributed by atoms with van der Waals surface area (Å²) in [5.41, 5.74) is -0.735. The maximum Gasteiger partial charge on any atom is 0.323 e. The number of aliphatic carboxylic acids is 1. The summed E-state index contributed by atoms with van der Waals surface area (Å²) < 4.78 is 0. The van der Waals surface area contributed by atoms with Crippen molar-refractivity contribution in [2.24, 2.45) is 0 Å². The number of nitrogens with one attached hydrogen (secondary N) is 1. The third kappa shape index (κ3) is 4.75. The summed E-state index contributed by atoms with van der Waals surface area (Å²) in [6.45, 7) is 10.1. The van der Waals surface area contributed by atoms with E-state index in [1.165, 1.54) is 0 Å². The van der Waals surface area contributed by atoms with E-state index in [9.17, 15) is 9.90 Å². The number of nitrogens with zero attached hydrogens (tertiary/aromatic N) is 2. The SMILES string of the molecule is CCNC(CC)(CCCN1CCN(C)CC1)C(=O)O. The highest BCUT2D eigenvalue weighted by Gasteiger charge is 2.35. The molecule has 1 fully saturated rings. The minimum atomic E-state index is -0.735. The van der Waals surface area contributed by atoms with E-state index in [0.29, 0.717) is 19.4 Å². The molecule has 0 bridgehead atoms. The molecule has 5 nitrogen and oxygen atoms in total. The zero-order chi connectivity index (χ0) is 14.3. The molecule has 19 heavy (non-hydrogen) atoms. The third-order valence-electron chi connectivity index (χ3n) is 4.20. The second-order valence-electron chi connectivity index (χ2n) is 5.52. The van der Waals surface area contributed by atoms with Gasteiger partial charge < -0.3 is 20.2 Å². The van der Waals surface area contributed by atoms with E-state index in [-0.39, 0.29) is 0 Å². The summed E-state index contributed by atoms with van der Waals surface area (Å²) in [6.07, 6.45) is 2.29. The minimum absolute atomic E-state index is 0.638. The average Bonchev–Trinajstić information content (AvgIpc) is 2.39. The van der Waals surface area contributed by atoms with E-state index in [1.807, 2.05) is 13.8 Å². The quantitative estimate of drug-likeness (QED) is 0.686. The first-order chi connectivity index (χ1) is 9.04.